The predicted molar refractivity (Wildman–Crippen MR) is 132 cm³/mol. The molecule has 164 valence electrons. The first-order valence-electron chi connectivity index (χ1n) is 11.6. The maximum atomic E-state index is 9.28. The zero-order chi connectivity index (χ0) is 22.7. The highest BCUT2D eigenvalue weighted by molar-refractivity contribution is 5.62. The van der Waals surface area contributed by atoms with E-state index in [1.165, 1.54) is 11.1 Å². The number of hydrogen-bond donors (Lipinski definition) is 1. The summed E-state index contributed by atoms with van der Waals surface area (Å²) in [5, 5.41) is 17.3. The van der Waals surface area contributed by atoms with Crippen LogP contribution in [-0.2, 0) is 5.41 Å². The van der Waals surface area contributed by atoms with E-state index in [-0.39, 0.29) is 5.41 Å². The average Bonchev–Trinajstić information content (AvgIpc) is 3.40. The molecule has 0 saturated carbocycles. The number of aromatic amines is 1. The molecule has 4 heteroatoms. The van der Waals surface area contributed by atoms with Gasteiger partial charge < -0.3 is 0 Å². The minimum absolute atomic E-state index is 0.105. The summed E-state index contributed by atoms with van der Waals surface area (Å²) in [4.78, 5) is 2.59. The van der Waals surface area contributed by atoms with E-state index in [0.29, 0.717) is 11.6 Å². The summed E-state index contributed by atoms with van der Waals surface area (Å²) >= 11 is 0. The van der Waals surface area contributed by atoms with Gasteiger partial charge in [-0.05, 0) is 62.2 Å². The third kappa shape index (κ3) is 4.08. The topological polar surface area (TPSA) is 55.7 Å². The fraction of sp³-hybridized carbons (Fsp3) is 0.241. The standard InChI is InChI=1S/C29H28N4/c1-22(24-10-4-2-5-11-24)33-17-15-29(16-18-33,26-13-6-3-7-14-26)28-20-27(31-32-28)25-12-8-9-23(19-25)21-30/h2-14,19-20,22H,15-18H2,1H3,(H,31,32). The largest absolute Gasteiger partial charge is 0.297 e. The lowest BCUT2D eigenvalue weighted by Crippen LogP contribution is -2.44. The van der Waals surface area contributed by atoms with Crippen molar-refractivity contribution in [2.45, 2.75) is 31.2 Å². The highest BCUT2D eigenvalue weighted by Crippen LogP contribution is 2.43. The third-order valence-electron chi connectivity index (χ3n) is 7.19. The van der Waals surface area contributed by atoms with Gasteiger partial charge >= 0.3 is 0 Å². The molecule has 1 N–H and O–H groups in total. The molecule has 0 spiro atoms. The summed E-state index contributed by atoms with van der Waals surface area (Å²) in [6.45, 7) is 4.34. The molecule has 1 aromatic heterocycles. The number of nitrogens with one attached hydrogen (secondary N) is 1. The van der Waals surface area contributed by atoms with E-state index in [9.17, 15) is 5.26 Å². The van der Waals surface area contributed by atoms with Crippen LogP contribution in [0.15, 0.2) is 91.0 Å². The van der Waals surface area contributed by atoms with Crippen LogP contribution in [0.3, 0.4) is 0 Å². The van der Waals surface area contributed by atoms with Gasteiger partial charge in [-0.1, -0.05) is 72.8 Å². The van der Waals surface area contributed by atoms with Crippen molar-refractivity contribution in [2.75, 3.05) is 13.1 Å². The molecule has 0 bridgehead atoms. The van der Waals surface area contributed by atoms with E-state index in [1.54, 1.807) is 0 Å². The number of piperidine rings is 1. The number of likely N-dealkylation sites (tertiary alicyclic amines) is 1. The number of hydrogen-bond acceptors (Lipinski definition) is 3. The first-order valence-corrected chi connectivity index (χ1v) is 11.6. The first-order chi connectivity index (χ1) is 16.2. The molecule has 3 aromatic carbocycles. The highest BCUT2D eigenvalue weighted by Gasteiger charge is 2.40. The number of aromatic nitrogens is 2. The third-order valence-corrected chi connectivity index (χ3v) is 7.19. The van der Waals surface area contributed by atoms with E-state index in [0.717, 1.165) is 42.9 Å². The quantitative estimate of drug-likeness (QED) is 0.415. The van der Waals surface area contributed by atoms with Gasteiger partial charge in [-0.25, -0.2) is 0 Å². The summed E-state index contributed by atoms with van der Waals surface area (Å²) in [6.07, 6.45) is 2.04. The summed E-state index contributed by atoms with van der Waals surface area (Å²) in [6, 6.07) is 34.0. The molecule has 0 aliphatic carbocycles. The molecular formula is C29H28N4. The number of H-pyrrole nitrogens is 1. The minimum atomic E-state index is -0.105. The van der Waals surface area contributed by atoms with Gasteiger partial charge in [0.05, 0.1) is 17.3 Å². The van der Waals surface area contributed by atoms with Crippen molar-refractivity contribution in [3.8, 4) is 17.3 Å². The summed E-state index contributed by atoms with van der Waals surface area (Å²) in [5.41, 5.74) is 6.25. The van der Waals surface area contributed by atoms with Crippen LogP contribution in [-0.4, -0.2) is 28.2 Å². The highest BCUT2D eigenvalue weighted by atomic mass is 15.2. The molecule has 5 rings (SSSR count). The van der Waals surface area contributed by atoms with Crippen LogP contribution in [0, 0.1) is 11.3 Å². The monoisotopic (exact) mass is 432 g/mol. The SMILES string of the molecule is CC(c1ccccc1)N1CCC(c2ccccc2)(c2cc(-c3cccc(C#N)c3)n[nH]2)CC1. The molecule has 1 unspecified atom stereocenters. The van der Waals surface area contributed by atoms with Crippen molar-refractivity contribution >= 4 is 0 Å². The molecule has 1 fully saturated rings. The van der Waals surface area contributed by atoms with Crippen LogP contribution >= 0.6 is 0 Å². The van der Waals surface area contributed by atoms with E-state index in [4.69, 9.17) is 0 Å². The van der Waals surface area contributed by atoms with Crippen LogP contribution < -0.4 is 0 Å². The van der Waals surface area contributed by atoms with E-state index >= 15 is 0 Å². The normalized spacial score (nSPS) is 16.7. The molecule has 2 heterocycles. The smallest absolute Gasteiger partial charge is 0.0991 e. The summed E-state index contributed by atoms with van der Waals surface area (Å²) in [5.74, 6) is 0. The number of nitrogens with zero attached hydrogens (tertiary/aromatic N) is 3. The molecule has 4 aromatic rings. The first kappa shape index (κ1) is 21.2. The van der Waals surface area contributed by atoms with Gasteiger partial charge in [-0.3, -0.25) is 10.00 Å². The molecular weight excluding hydrogens is 404 g/mol. The Morgan fingerprint density at radius 2 is 1.61 bits per heavy atom. The van der Waals surface area contributed by atoms with Gasteiger partial charge in [-0.15, -0.1) is 0 Å². The van der Waals surface area contributed by atoms with Crippen LogP contribution in [0.2, 0.25) is 0 Å². The van der Waals surface area contributed by atoms with Crippen LogP contribution in [0.4, 0.5) is 0 Å². The van der Waals surface area contributed by atoms with Crippen LogP contribution in [0.5, 0.6) is 0 Å². The van der Waals surface area contributed by atoms with Crippen molar-refractivity contribution in [3.05, 3.63) is 113 Å². The fourth-order valence-electron chi connectivity index (χ4n) is 5.17. The zero-order valence-electron chi connectivity index (χ0n) is 18.9. The number of nitriles is 1. The molecule has 4 nitrogen and oxygen atoms in total. The Morgan fingerprint density at radius 3 is 2.30 bits per heavy atom. The maximum absolute atomic E-state index is 9.28. The Bertz CT molecular complexity index is 1250. The molecule has 1 atom stereocenters. The second-order valence-corrected chi connectivity index (χ2v) is 8.93. The van der Waals surface area contributed by atoms with Crippen molar-refractivity contribution in [1.82, 2.24) is 15.1 Å². The van der Waals surface area contributed by atoms with Crippen molar-refractivity contribution < 1.29 is 0 Å². The van der Waals surface area contributed by atoms with Crippen molar-refractivity contribution in [3.63, 3.8) is 0 Å². The minimum Gasteiger partial charge on any atom is -0.297 e. The lowest BCUT2D eigenvalue weighted by molar-refractivity contribution is 0.135. The van der Waals surface area contributed by atoms with E-state index < -0.39 is 0 Å². The number of rotatable bonds is 5. The van der Waals surface area contributed by atoms with Crippen LogP contribution in [0.1, 0.15) is 48.2 Å². The second kappa shape index (κ2) is 9.05. The van der Waals surface area contributed by atoms with E-state index in [2.05, 4.69) is 94.8 Å². The number of benzene rings is 3. The van der Waals surface area contributed by atoms with Gasteiger partial charge in [0.2, 0.25) is 0 Å². The molecule has 0 amide bonds. The van der Waals surface area contributed by atoms with Gasteiger partial charge in [0.1, 0.15) is 0 Å². The average molecular weight is 433 g/mol. The van der Waals surface area contributed by atoms with Gasteiger partial charge in [0.25, 0.3) is 0 Å². The molecule has 1 aliphatic rings. The maximum Gasteiger partial charge on any atom is 0.0991 e. The Labute approximate surface area is 195 Å². The lowest BCUT2D eigenvalue weighted by atomic mass is 9.70. The van der Waals surface area contributed by atoms with Gasteiger partial charge in [-0.2, -0.15) is 10.4 Å². The Morgan fingerprint density at radius 1 is 0.909 bits per heavy atom. The Hall–Kier alpha value is -3.68. The van der Waals surface area contributed by atoms with Crippen molar-refractivity contribution in [2.24, 2.45) is 0 Å². The zero-order valence-corrected chi connectivity index (χ0v) is 18.9. The fourth-order valence-corrected chi connectivity index (χ4v) is 5.17. The second-order valence-electron chi connectivity index (χ2n) is 8.93. The Kier molecular flexibility index (Phi) is 5.81. The molecule has 0 radical (unpaired) electrons. The van der Waals surface area contributed by atoms with Crippen LogP contribution in [0.25, 0.3) is 11.3 Å². The Balaban J connectivity index is 1.46. The molecule has 33 heavy (non-hydrogen) atoms. The summed E-state index contributed by atoms with van der Waals surface area (Å²) < 4.78 is 0. The van der Waals surface area contributed by atoms with E-state index in [1.807, 2.05) is 24.3 Å². The van der Waals surface area contributed by atoms with Gasteiger partial charge in [0, 0.05) is 22.7 Å². The lowest BCUT2D eigenvalue weighted by Gasteiger charge is -2.43. The summed E-state index contributed by atoms with van der Waals surface area (Å²) in [7, 11) is 0. The van der Waals surface area contributed by atoms with Gasteiger partial charge in [0.15, 0.2) is 0 Å². The van der Waals surface area contributed by atoms with Crippen molar-refractivity contribution in [1.29, 1.82) is 5.26 Å². The predicted octanol–water partition coefficient (Wildman–Crippen LogP) is 6.09. The molecule has 1 saturated heterocycles. The molecule has 1 aliphatic heterocycles.